The Bertz CT molecular complexity index is 1020. The van der Waals surface area contributed by atoms with Gasteiger partial charge in [0.15, 0.2) is 0 Å². The van der Waals surface area contributed by atoms with Gasteiger partial charge in [-0.2, -0.15) is 0 Å². The van der Waals surface area contributed by atoms with Gasteiger partial charge in [-0.05, 0) is 36.2 Å². The monoisotopic (exact) mass is 422 g/mol. The number of nitrogen functional groups attached to an aromatic ring is 1. The van der Waals surface area contributed by atoms with Crippen LogP contribution in [0.3, 0.4) is 0 Å². The normalized spacial score (nSPS) is 14.4. The van der Waals surface area contributed by atoms with Crippen molar-refractivity contribution in [3.8, 4) is 0 Å². The minimum absolute atomic E-state index is 0.144. The number of aromatic nitrogens is 2. The van der Waals surface area contributed by atoms with E-state index in [-0.39, 0.29) is 5.84 Å². The van der Waals surface area contributed by atoms with Crippen LogP contribution in [0.15, 0.2) is 42.5 Å². The Morgan fingerprint density at radius 3 is 2.42 bits per heavy atom. The lowest BCUT2D eigenvalue weighted by Crippen LogP contribution is -2.46. The van der Waals surface area contributed by atoms with Crippen LogP contribution in [0.1, 0.15) is 30.3 Å². The molecule has 0 radical (unpaired) electrons. The number of piperazine rings is 1. The number of fused-ring (bicyclic) bond motifs is 1. The highest BCUT2D eigenvalue weighted by Crippen LogP contribution is 2.25. The van der Waals surface area contributed by atoms with Crippen molar-refractivity contribution < 1.29 is 0 Å². The number of hydrazine groups is 1. The third kappa shape index (κ3) is 5.04. The Labute approximate surface area is 184 Å². The average molecular weight is 423 g/mol. The van der Waals surface area contributed by atoms with Gasteiger partial charge in [-0.3, -0.25) is 22.0 Å². The van der Waals surface area contributed by atoms with Crippen LogP contribution in [0, 0.1) is 5.41 Å². The molecule has 1 aliphatic rings. The largest absolute Gasteiger partial charge is 0.384 e. The average Bonchev–Trinajstić information content (AvgIpc) is 3.11. The Kier molecular flexibility index (Phi) is 7.62. The van der Waals surface area contributed by atoms with E-state index < -0.39 is 0 Å². The Morgan fingerprint density at radius 2 is 1.77 bits per heavy atom. The van der Waals surface area contributed by atoms with Crippen molar-refractivity contribution in [2.75, 3.05) is 31.1 Å². The number of anilines is 1. The van der Waals surface area contributed by atoms with Crippen molar-refractivity contribution >= 4 is 22.6 Å². The minimum Gasteiger partial charge on any atom is -0.384 e. The molecule has 1 fully saturated rings. The quantitative estimate of drug-likeness (QED) is 0.208. The van der Waals surface area contributed by atoms with Gasteiger partial charge in [-0.25, -0.2) is 4.98 Å². The van der Waals surface area contributed by atoms with E-state index in [0.29, 0.717) is 0 Å². The zero-order valence-electron chi connectivity index (χ0n) is 18.5. The van der Waals surface area contributed by atoms with E-state index in [2.05, 4.69) is 70.4 Å². The summed E-state index contributed by atoms with van der Waals surface area (Å²) >= 11 is 0. The molecule has 1 aliphatic heterocycles. The molecule has 3 aromatic rings. The first-order valence-electron chi connectivity index (χ1n) is 10.7. The Hall–Kier alpha value is -2.94. The lowest BCUT2D eigenvalue weighted by atomic mass is 10.0. The number of benzene rings is 2. The third-order valence-corrected chi connectivity index (χ3v) is 5.85. The first-order valence-corrected chi connectivity index (χ1v) is 10.7. The molecule has 2 heterocycles. The smallest absolute Gasteiger partial charge is 0.124 e. The summed E-state index contributed by atoms with van der Waals surface area (Å²) in [6.45, 7) is 6.85. The molecule has 2 aromatic carbocycles. The topological polar surface area (TPSA) is 126 Å². The molecule has 7 N–H and O–H groups in total. The molecule has 0 saturated carbocycles. The van der Waals surface area contributed by atoms with Crippen molar-refractivity contribution in [2.24, 2.45) is 24.5 Å². The molecule has 31 heavy (non-hydrogen) atoms. The molecule has 1 aromatic heterocycles. The number of hydrogen-bond acceptors (Lipinski definition) is 6. The van der Waals surface area contributed by atoms with Gasteiger partial charge in [-0.15, -0.1) is 0 Å². The summed E-state index contributed by atoms with van der Waals surface area (Å²) in [4.78, 5) is 9.65. The maximum absolute atomic E-state index is 7.96. The molecule has 0 aliphatic carbocycles. The lowest BCUT2D eigenvalue weighted by Gasteiger charge is -2.37. The number of amidine groups is 1. The van der Waals surface area contributed by atoms with Gasteiger partial charge in [0.2, 0.25) is 0 Å². The minimum atomic E-state index is 0.144. The van der Waals surface area contributed by atoms with Crippen LogP contribution >= 0.6 is 0 Å². The van der Waals surface area contributed by atoms with E-state index in [9.17, 15) is 0 Å². The Morgan fingerprint density at radius 1 is 1.06 bits per heavy atom. The van der Waals surface area contributed by atoms with Crippen LogP contribution in [0.5, 0.6) is 0 Å². The molecule has 4 rings (SSSR count). The second-order valence-electron chi connectivity index (χ2n) is 7.85. The van der Waals surface area contributed by atoms with Crippen LogP contribution in [-0.2, 0) is 20.0 Å². The van der Waals surface area contributed by atoms with Gasteiger partial charge in [-0.1, -0.05) is 31.5 Å². The van der Waals surface area contributed by atoms with E-state index in [0.717, 1.165) is 68.2 Å². The molecule has 0 unspecified atom stereocenters. The number of nitrogens with two attached hydrogens (primary N) is 3. The molecule has 0 amide bonds. The fourth-order valence-electron chi connectivity index (χ4n) is 4.19. The first kappa shape index (κ1) is 22.7. The van der Waals surface area contributed by atoms with Crippen LogP contribution in [0.2, 0.25) is 0 Å². The maximum atomic E-state index is 7.96. The number of rotatable bonds is 6. The number of para-hydroxylation sites is 2. The van der Waals surface area contributed by atoms with Crippen LogP contribution in [0.4, 0.5) is 5.69 Å². The predicted octanol–water partition coefficient (Wildman–Crippen LogP) is 1.95. The number of nitrogens with one attached hydrogen (secondary N) is 1. The van der Waals surface area contributed by atoms with Crippen molar-refractivity contribution in [2.45, 2.75) is 26.3 Å². The molecular formula is C23H34N8. The Balaban J connectivity index is 0.00000132. The van der Waals surface area contributed by atoms with Crippen molar-refractivity contribution in [1.29, 1.82) is 5.41 Å². The summed E-state index contributed by atoms with van der Waals surface area (Å²) in [5.74, 6) is 9.25. The summed E-state index contributed by atoms with van der Waals surface area (Å²) in [7, 11) is 2.10. The molecule has 1 saturated heterocycles. The van der Waals surface area contributed by atoms with E-state index in [1.165, 1.54) is 11.1 Å². The SMILES string of the molecule is CCCc1ccc(C(=N)N)c(N2CCN(Cc3nc4ccccc4n3C)CC2)c1.NN. The molecule has 8 nitrogen and oxygen atoms in total. The van der Waals surface area contributed by atoms with Crippen LogP contribution < -0.4 is 22.3 Å². The van der Waals surface area contributed by atoms with Gasteiger partial charge in [0.25, 0.3) is 0 Å². The standard InChI is InChI=1S/C23H30N6.H4N2/c1-3-6-17-9-10-18(23(24)25)21(15-17)29-13-11-28(12-14-29)16-22-26-19-7-4-5-8-20(19)27(22)2;1-2/h4-5,7-10,15H,3,6,11-14,16H2,1-2H3,(H3,24,25);1-2H2. The van der Waals surface area contributed by atoms with E-state index >= 15 is 0 Å². The van der Waals surface area contributed by atoms with Crippen LogP contribution in [0.25, 0.3) is 11.0 Å². The van der Waals surface area contributed by atoms with Crippen molar-refractivity contribution in [1.82, 2.24) is 14.5 Å². The maximum Gasteiger partial charge on any atom is 0.124 e. The van der Waals surface area contributed by atoms with Crippen molar-refractivity contribution in [3.05, 3.63) is 59.4 Å². The van der Waals surface area contributed by atoms with E-state index in [1.54, 1.807) is 0 Å². The molecule has 166 valence electrons. The van der Waals surface area contributed by atoms with Gasteiger partial charge in [0.1, 0.15) is 11.7 Å². The fourth-order valence-corrected chi connectivity index (χ4v) is 4.19. The molecule has 8 heteroatoms. The summed E-state index contributed by atoms with van der Waals surface area (Å²) < 4.78 is 2.20. The van der Waals surface area contributed by atoms with Gasteiger partial charge in [0.05, 0.1) is 17.6 Å². The summed E-state index contributed by atoms with van der Waals surface area (Å²) in [5, 5.41) is 7.96. The van der Waals surface area contributed by atoms with Gasteiger partial charge < -0.3 is 15.2 Å². The van der Waals surface area contributed by atoms with Crippen molar-refractivity contribution in [3.63, 3.8) is 0 Å². The van der Waals surface area contributed by atoms with Gasteiger partial charge >= 0.3 is 0 Å². The highest BCUT2D eigenvalue weighted by molar-refractivity contribution is 6.00. The van der Waals surface area contributed by atoms with E-state index in [4.69, 9.17) is 16.1 Å². The number of aryl methyl sites for hydroxylation is 2. The molecular weight excluding hydrogens is 388 g/mol. The zero-order chi connectivity index (χ0) is 22.4. The number of nitrogens with zero attached hydrogens (tertiary/aromatic N) is 4. The summed E-state index contributed by atoms with van der Waals surface area (Å²) in [5.41, 5.74) is 11.4. The second kappa shape index (κ2) is 10.4. The summed E-state index contributed by atoms with van der Waals surface area (Å²) in [6, 6.07) is 14.6. The van der Waals surface area contributed by atoms with Gasteiger partial charge in [0, 0.05) is 44.5 Å². The second-order valence-corrected chi connectivity index (χ2v) is 7.85. The lowest BCUT2D eigenvalue weighted by molar-refractivity contribution is 0.242. The number of hydrogen-bond donors (Lipinski definition) is 4. The summed E-state index contributed by atoms with van der Waals surface area (Å²) in [6.07, 6.45) is 2.17. The molecule has 0 spiro atoms. The highest BCUT2D eigenvalue weighted by Gasteiger charge is 2.22. The zero-order valence-corrected chi connectivity index (χ0v) is 18.5. The fraction of sp³-hybridized carbons (Fsp3) is 0.391. The third-order valence-electron chi connectivity index (χ3n) is 5.85. The highest BCUT2D eigenvalue weighted by atomic mass is 15.3. The molecule has 0 atom stereocenters. The van der Waals surface area contributed by atoms with E-state index in [1.807, 2.05) is 12.1 Å². The molecule has 0 bridgehead atoms. The first-order chi connectivity index (χ1) is 15.1. The van der Waals surface area contributed by atoms with Crippen LogP contribution in [-0.4, -0.2) is 46.5 Å². The number of imidazole rings is 1. The predicted molar refractivity (Wildman–Crippen MR) is 128 cm³/mol.